The molecule has 1 unspecified atom stereocenters. The summed E-state index contributed by atoms with van der Waals surface area (Å²) in [6, 6.07) is 0. The van der Waals surface area contributed by atoms with Gasteiger partial charge in [0.2, 0.25) is 0 Å². The van der Waals surface area contributed by atoms with Crippen LogP contribution < -0.4 is 0 Å². The van der Waals surface area contributed by atoms with Gasteiger partial charge in [-0.05, 0) is 67.3 Å². The summed E-state index contributed by atoms with van der Waals surface area (Å²) in [7, 11) is 0. The Morgan fingerprint density at radius 1 is 1.06 bits per heavy atom. The third-order valence-corrected chi connectivity index (χ3v) is 10.7. The Morgan fingerprint density at radius 3 is 2.47 bits per heavy atom. The second-order valence-electron chi connectivity index (χ2n) is 10.8. The maximum absolute atomic E-state index is 12.9. The lowest BCUT2D eigenvalue weighted by atomic mass is 9.44. The van der Waals surface area contributed by atoms with E-state index in [0.29, 0.717) is 36.7 Å². The zero-order valence-electron chi connectivity index (χ0n) is 19.0. The van der Waals surface area contributed by atoms with Gasteiger partial charge in [0.1, 0.15) is 5.78 Å². The summed E-state index contributed by atoms with van der Waals surface area (Å²) in [5.41, 5.74) is 0.755. The Hall–Kier alpha value is -1.63. The van der Waals surface area contributed by atoms with E-state index in [4.69, 9.17) is 5.11 Å². The molecule has 0 saturated heterocycles. The minimum absolute atomic E-state index is 0.000127. The topological polar surface area (TPSA) is 109 Å². The van der Waals surface area contributed by atoms with Crippen molar-refractivity contribution in [3.05, 3.63) is 11.6 Å². The van der Waals surface area contributed by atoms with E-state index < -0.39 is 11.9 Å². The first-order valence-electron chi connectivity index (χ1n) is 11.9. The molecule has 0 amide bonds. The molecule has 2 N–H and O–H groups in total. The molecule has 176 valence electrons. The van der Waals surface area contributed by atoms with Crippen molar-refractivity contribution in [3.63, 3.8) is 0 Å². The standard InChI is InChI=1S/C25H34O6S/c1-24-8-5-15(26)11-14(24)12-16(19(13-22(30)31)32-10-7-21(28)29)23-17-3-4-20(27)25(17,2)9-6-18(23)24/h11,16-19,23H,3-10,12-13H2,1-2H3,(H,28,29)(H,30,31)/t16-,17+,18+,19?,23+,24+,25+/m1/s1. The molecule has 4 rings (SSSR count). The first-order chi connectivity index (χ1) is 15.1. The smallest absolute Gasteiger partial charge is 0.304 e. The van der Waals surface area contributed by atoms with Gasteiger partial charge in [-0.15, -0.1) is 0 Å². The van der Waals surface area contributed by atoms with Gasteiger partial charge in [0.15, 0.2) is 5.78 Å². The maximum atomic E-state index is 12.9. The molecule has 6 nitrogen and oxygen atoms in total. The van der Waals surface area contributed by atoms with Crippen LogP contribution in [0.2, 0.25) is 0 Å². The number of fused-ring (bicyclic) bond motifs is 5. The fourth-order valence-corrected chi connectivity index (χ4v) is 8.95. The summed E-state index contributed by atoms with van der Waals surface area (Å²) < 4.78 is 0. The van der Waals surface area contributed by atoms with Crippen LogP contribution in [0.1, 0.15) is 71.6 Å². The molecule has 0 aromatic carbocycles. The molecule has 4 aliphatic rings. The highest BCUT2D eigenvalue weighted by Gasteiger charge is 2.62. The average Bonchev–Trinajstić information content (AvgIpc) is 3.01. The molecule has 3 saturated carbocycles. The average molecular weight is 463 g/mol. The van der Waals surface area contributed by atoms with Crippen molar-refractivity contribution in [2.24, 2.45) is 34.5 Å². The fraction of sp³-hybridized carbons (Fsp3) is 0.760. The number of ketones is 2. The van der Waals surface area contributed by atoms with E-state index in [1.54, 1.807) is 0 Å². The van der Waals surface area contributed by atoms with Gasteiger partial charge >= 0.3 is 11.9 Å². The highest BCUT2D eigenvalue weighted by atomic mass is 32.2. The third kappa shape index (κ3) is 3.95. The second-order valence-corrected chi connectivity index (χ2v) is 12.1. The van der Waals surface area contributed by atoms with Crippen LogP contribution in [-0.4, -0.2) is 44.7 Å². The predicted molar refractivity (Wildman–Crippen MR) is 121 cm³/mol. The van der Waals surface area contributed by atoms with E-state index in [2.05, 4.69) is 13.8 Å². The molecule has 0 spiro atoms. The lowest BCUT2D eigenvalue weighted by Gasteiger charge is -2.60. The number of carboxylic acids is 2. The van der Waals surface area contributed by atoms with Crippen LogP contribution in [0.5, 0.6) is 0 Å². The number of Topliss-reactive ketones (excluding diaryl/α,β-unsaturated/α-hetero) is 1. The first-order valence-corrected chi connectivity index (χ1v) is 12.9. The number of carboxylic acid groups (broad SMARTS) is 2. The zero-order valence-corrected chi connectivity index (χ0v) is 19.8. The Labute approximate surface area is 193 Å². The third-order valence-electron chi connectivity index (χ3n) is 9.27. The number of carbonyl (C=O) groups is 4. The molecule has 0 aromatic heterocycles. The van der Waals surface area contributed by atoms with E-state index in [0.717, 1.165) is 31.3 Å². The molecular weight excluding hydrogens is 428 g/mol. The summed E-state index contributed by atoms with van der Waals surface area (Å²) >= 11 is 1.45. The van der Waals surface area contributed by atoms with Gasteiger partial charge in [0, 0.05) is 29.3 Å². The molecule has 0 aromatic rings. The zero-order chi connectivity index (χ0) is 23.3. The Kier molecular flexibility index (Phi) is 6.34. The van der Waals surface area contributed by atoms with Gasteiger partial charge in [0.25, 0.3) is 0 Å². The minimum Gasteiger partial charge on any atom is -0.481 e. The maximum Gasteiger partial charge on any atom is 0.304 e. The molecule has 32 heavy (non-hydrogen) atoms. The van der Waals surface area contributed by atoms with Crippen molar-refractivity contribution < 1.29 is 29.4 Å². The van der Waals surface area contributed by atoms with Crippen molar-refractivity contribution >= 4 is 35.3 Å². The molecule has 0 bridgehead atoms. The highest BCUT2D eigenvalue weighted by Crippen LogP contribution is 2.67. The van der Waals surface area contributed by atoms with Crippen LogP contribution in [0.25, 0.3) is 0 Å². The number of aliphatic carboxylic acids is 2. The Bertz CT molecular complexity index is 864. The Morgan fingerprint density at radius 2 is 1.78 bits per heavy atom. The van der Waals surface area contributed by atoms with Crippen LogP contribution in [0, 0.1) is 34.5 Å². The van der Waals surface area contributed by atoms with Crippen molar-refractivity contribution in [3.8, 4) is 0 Å². The number of allylic oxidation sites excluding steroid dienone is 1. The van der Waals surface area contributed by atoms with Gasteiger partial charge in [-0.3, -0.25) is 19.2 Å². The molecular formula is C25H34O6S. The minimum atomic E-state index is -0.882. The van der Waals surface area contributed by atoms with Crippen LogP contribution in [0.3, 0.4) is 0 Å². The van der Waals surface area contributed by atoms with E-state index in [9.17, 15) is 24.3 Å². The largest absolute Gasteiger partial charge is 0.481 e. The molecule has 0 heterocycles. The summed E-state index contributed by atoms with van der Waals surface area (Å²) in [6.07, 6.45) is 7.14. The van der Waals surface area contributed by atoms with Crippen LogP contribution in [-0.2, 0) is 19.2 Å². The lowest BCUT2D eigenvalue weighted by Crippen LogP contribution is -2.55. The monoisotopic (exact) mass is 462 g/mol. The van der Waals surface area contributed by atoms with Crippen molar-refractivity contribution in [2.75, 3.05) is 5.75 Å². The van der Waals surface area contributed by atoms with Crippen molar-refractivity contribution in [2.45, 2.75) is 76.9 Å². The molecule has 7 heteroatoms. The van der Waals surface area contributed by atoms with E-state index in [1.165, 1.54) is 11.8 Å². The fourth-order valence-electron chi connectivity index (χ4n) is 7.57. The van der Waals surface area contributed by atoms with Crippen LogP contribution in [0.4, 0.5) is 0 Å². The normalized spacial score (nSPS) is 39.5. The van der Waals surface area contributed by atoms with E-state index in [-0.39, 0.29) is 52.5 Å². The molecule has 4 aliphatic carbocycles. The van der Waals surface area contributed by atoms with Gasteiger partial charge in [-0.1, -0.05) is 19.4 Å². The SMILES string of the molecule is C[C@]12CCC(=O)C=C1C[C@H](C(CC(=O)O)SCCC(=O)O)[C@@H]1[C@@H]2CC[C@]2(C)C(=O)CC[C@@H]12. The number of carbonyl (C=O) groups excluding carboxylic acids is 2. The number of hydrogen-bond donors (Lipinski definition) is 2. The van der Waals surface area contributed by atoms with Crippen LogP contribution >= 0.6 is 11.8 Å². The molecule has 0 aliphatic heterocycles. The van der Waals surface area contributed by atoms with Gasteiger partial charge < -0.3 is 10.2 Å². The first kappa shape index (κ1) is 23.5. The van der Waals surface area contributed by atoms with Gasteiger partial charge in [0.05, 0.1) is 12.8 Å². The predicted octanol–water partition coefficient (Wildman–Crippen LogP) is 4.36. The van der Waals surface area contributed by atoms with Gasteiger partial charge in [-0.2, -0.15) is 11.8 Å². The Balaban J connectivity index is 1.74. The van der Waals surface area contributed by atoms with Gasteiger partial charge in [-0.25, -0.2) is 0 Å². The number of thioether (sulfide) groups is 1. The summed E-state index contributed by atoms with van der Waals surface area (Å²) in [4.78, 5) is 48.1. The number of hydrogen-bond acceptors (Lipinski definition) is 5. The second kappa shape index (κ2) is 8.62. The highest BCUT2D eigenvalue weighted by molar-refractivity contribution is 7.99. The van der Waals surface area contributed by atoms with E-state index in [1.807, 2.05) is 6.08 Å². The molecule has 0 radical (unpaired) electrons. The van der Waals surface area contributed by atoms with Crippen molar-refractivity contribution in [1.82, 2.24) is 0 Å². The summed E-state index contributed by atoms with van der Waals surface area (Å²) in [5, 5.41) is 18.5. The quantitative estimate of drug-likeness (QED) is 0.578. The van der Waals surface area contributed by atoms with E-state index >= 15 is 0 Å². The summed E-state index contributed by atoms with van der Waals surface area (Å²) in [6.45, 7) is 4.39. The molecule has 3 fully saturated rings. The lowest BCUT2D eigenvalue weighted by molar-refractivity contribution is -0.140. The summed E-state index contributed by atoms with van der Waals surface area (Å²) in [5.74, 6) is -0.0413. The number of rotatable bonds is 7. The molecule has 7 atom stereocenters. The van der Waals surface area contributed by atoms with Crippen LogP contribution in [0.15, 0.2) is 11.6 Å². The van der Waals surface area contributed by atoms with Crippen molar-refractivity contribution in [1.29, 1.82) is 0 Å².